The summed E-state index contributed by atoms with van der Waals surface area (Å²) in [5.41, 5.74) is 5.24. The van der Waals surface area contributed by atoms with Crippen LogP contribution in [-0.2, 0) is 0 Å². The standard InChI is InChI=1S/C28H32Si2/c1-29(2,3)24-17-13-21(14-18-24)26-11-7-9-23-10-8-12-27(28(23)26)22-15-19-25(20-16-22)30(4,5)6/h7-20H,1-6H3. The SMILES string of the molecule is C[Si](C)(C)c1ccc(-c2cccc3cccc(-c4ccc([Si](C)(C)C)cc4)c23)cc1. The van der Waals surface area contributed by atoms with Crippen molar-refractivity contribution in [1.82, 2.24) is 0 Å². The normalized spacial score (nSPS) is 12.3. The van der Waals surface area contributed by atoms with E-state index in [1.165, 1.54) is 43.4 Å². The third kappa shape index (κ3) is 4.07. The number of hydrogen-bond acceptors (Lipinski definition) is 0. The van der Waals surface area contributed by atoms with Gasteiger partial charge < -0.3 is 0 Å². The fraction of sp³-hybridized carbons (Fsp3) is 0.214. The Balaban J connectivity index is 1.87. The van der Waals surface area contributed by atoms with Crippen LogP contribution in [0, 0.1) is 0 Å². The Bertz CT molecular complexity index is 1080. The van der Waals surface area contributed by atoms with E-state index in [2.05, 4.69) is 124 Å². The Hall–Kier alpha value is -2.43. The average molecular weight is 425 g/mol. The Morgan fingerprint density at radius 1 is 0.433 bits per heavy atom. The van der Waals surface area contributed by atoms with Crippen LogP contribution >= 0.6 is 0 Å². The topological polar surface area (TPSA) is 0 Å². The monoisotopic (exact) mass is 424 g/mol. The number of hydrogen-bond donors (Lipinski definition) is 0. The minimum atomic E-state index is -1.29. The molecule has 4 aromatic rings. The third-order valence-corrected chi connectivity index (χ3v) is 10.2. The minimum Gasteiger partial charge on any atom is -0.0656 e. The molecule has 0 nitrogen and oxygen atoms in total. The van der Waals surface area contributed by atoms with Crippen molar-refractivity contribution < 1.29 is 0 Å². The molecule has 0 aliphatic heterocycles. The lowest BCUT2D eigenvalue weighted by Gasteiger charge is -2.18. The fourth-order valence-electron chi connectivity index (χ4n) is 4.12. The van der Waals surface area contributed by atoms with E-state index in [0.717, 1.165) is 0 Å². The first-order valence-corrected chi connectivity index (χ1v) is 17.9. The first-order chi connectivity index (χ1) is 14.1. The van der Waals surface area contributed by atoms with Crippen molar-refractivity contribution in [2.75, 3.05) is 0 Å². The van der Waals surface area contributed by atoms with Crippen LogP contribution in [-0.4, -0.2) is 16.1 Å². The van der Waals surface area contributed by atoms with E-state index >= 15 is 0 Å². The molecule has 0 amide bonds. The zero-order valence-electron chi connectivity index (χ0n) is 19.1. The Labute approximate surface area is 183 Å². The molecule has 0 radical (unpaired) electrons. The van der Waals surface area contributed by atoms with Crippen LogP contribution in [0.3, 0.4) is 0 Å². The summed E-state index contributed by atoms with van der Waals surface area (Å²) >= 11 is 0. The summed E-state index contributed by atoms with van der Waals surface area (Å²) in [4.78, 5) is 0. The molecule has 0 fully saturated rings. The Kier molecular flexibility index (Phi) is 5.33. The molecule has 0 aromatic heterocycles. The quantitative estimate of drug-likeness (QED) is 0.302. The molecule has 0 aliphatic carbocycles. The van der Waals surface area contributed by atoms with Crippen LogP contribution in [0.15, 0.2) is 84.9 Å². The van der Waals surface area contributed by atoms with Gasteiger partial charge in [-0.05, 0) is 33.0 Å². The first kappa shape index (κ1) is 20.8. The third-order valence-electron chi connectivity index (χ3n) is 6.03. The van der Waals surface area contributed by atoms with Gasteiger partial charge in [0.2, 0.25) is 0 Å². The van der Waals surface area contributed by atoms with E-state index in [0.29, 0.717) is 0 Å². The van der Waals surface area contributed by atoms with Crippen LogP contribution in [0.25, 0.3) is 33.0 Å². The van der Waals surface area contributed by atoms with Crippen molar-refractivity contribution in [2.45, 2.75) is 39.3 Å². The highest BCUT2D eigenvalue weighted by Gasteiger charge is 2.18. The molecular weight excluding hydrogens is 392 g/mol. The van der Waals surface area contributed by atoms with E-state index in [1.54, 1.807) is 0 Å². The molecular formula is C28H32Si2. The van der Waals surface area contributed by atoms with E-state index in [-0.39, 0.29) is 0 Å². The lowest BCUT2D eigenvalue weighted by atomic mass is 9.91. The molecule has 0 unspecified atom stereocenters. The van der Waals surface area contributed by atoms with Crippen molar-refractivity contribution in [2.24, 2.45) is 0 Å². The number of fused-ring (bicyclic) bond motifs is 1. The van der Waals surface area contributed by atoms with Gasteiger partial charge in [0, 0.05) is 0 Å². The average Bonchev–Trinajstić information content (AvgIpc) is 2.72. The van der Waals surface area contributed by atoms with Gasteiger partial charge in [-0.15, -0.1) is 0 Å². The highest BCUT2D eigenvalue weighted by atomic mass is 28.3. The maximum Gasteiger partial charge on any atom is 0.0775 e. The Morgan fingerprint density at radius 3 is 1.13 bits per heavy atom. The molecule has 30 heavy (non-hydrogen) atoms. The van der Waals surface area contributed by atoms with Crippen molar-refractivity contribution in [3.8, 4) is 22.3 Å². The van der Waals surface area contributed by atoms with E-state index in [4.69, 9.17) is 0 Å². The van der Waals surface area contributed by atoms with E-state index in [9.17, 15) is 0 Å². The van der Waals surface area contributed by atoms with Gasteiger partial charge in [-0.3, -0.25) is 0 Å². The summed E-state index contributed by atoms with van der Waals surface area (Å²) in [5.74, 6) is 0. The van der Waals surface area contributed by atoms with Gasteiger partial charge in [0.25, 0.3) is 0 Å². The molecule has 4 rings (SSSR count). The smallest absolute Gasteiger partial charge is 0.0656 e. The molecule has 0 aliphatic rings. The molecule has 0 heterocycles. The van der Waals surface area contributed by atoms with E-state index < -0.39 is 16.1 Å². The second-order valence-electron chi connectivity index (χ2n) is 10.4. The molecule has 0 saturated heterocycles. The van der Waals surface area contributed by atoms with Crippen LogP contribution < -0.4 is 10.4 Å². The lowest BCUT2D eigenvalue weighted by molar-refractivity contribution is 1.62. The first-order valence-electron chi connectivity index (χ1n) is 10.9. The highest BCUT2D eigenvalue weighted by Crippen LogP contribution is 2.36. The summed E-state index contributed by atoms with van der Waals surface area (Å²) < 4.78 is 0. The summed E-state index contributed by atoms with van der Waals surface area (Å²) in [6.07, 6.45) is 0. The van der Waals surface area contributed by atoms with Crippen LogP contribution in [0.1, 0.15) is 0 Å². The van der Waals surface area contributed by atoms with Gasteiger partial charge in [-0.25, -0.2) is 0 Å². The van der Waals surface area contributed by atoms with E-state index in [1.807, 2.05) is 0 Å². The van der Waals surface area contributed by atoms with Gasteiger partial charge in [0.15, 0.2) is 0 Å². The second-order valence-corrected chi connectivity index (χ2v) is 20.5. The fourth-order valence-corrected chi connectivity index (χ4v) is 6.46. The highest BCUT2D eigenvalue weighted by molar-refractivity contribution is 6.89. The van der Waals surface area contributed by atoms with Gasteiger partial charge in [-0.1, -0.05) is 135 Å². The van der Waals surface area contributed by atoms with Crippen molar-refractivity contribution in [3.63, 3.8) is 0 Å². The summed E-state index contributed by atoms with van der Waals surface area (Å²) in [6.45, 7) is 14.4. The van der Waals surface area contributed by atoms with Crippen LogP contribution in [0.4, 0.5) is 0 Å². The molecule has 4 aromatic carbocycles. The van der Waals surface area contributed by atoms with Crippen LogP contribution in [0.2, 0.25) is 39.3 Å². The summed E-state index contributed by atoms with van der Waals surface area (Å²) in [5, 5.41) is 5.66. The predicted molar refractivity (Wildman–Crippen MR) is 141 cm³/mol. The molecule has 0 bridgehead atoms. The number of benzene rings is 4. The molecule has 0 N–H and O–H groups in total. The minimum absolute atomic E-state index is 1.29. The maximum atomic E-state index is 2.40. The second kappa shape index (κ2) is 7.68. The van der Waals surface area contributed by atoms with Crippen molar-refractivity contribution >= 4 is 37.3 Å². The zero-order chi connectivity index (χ0) is 21.5. The van der Waals surface area contributed by atoms with Crippen molar-refractivity contribution in [3.05, 3.63) is 84.9 Å². The molecule has 2 heteroatoms. The lowest BCUT2D eigenvalue weighted by Crippen LogP contribution is -2.37. The zero-order valence-corrected chi connectivity index (χ0v) is 21.1. The van der Waals surface area contributed by atoms with Crippen LogP contribution in [0.5, 0.6) is 0 Å². The Morgan fingerprint density at radius 2 is 0.800 bits per heavy atom. The molecule has 152 valence electrons. The maximum absolute atomic E-state index is 2.40. The van der Waals surface area contributed by atoms with Gasteiger partial charge in [-0.2, -0.15) is 0 Å². The molecule has 0 saturated carbocycles. The number of rotatable bonds is 4. The van der Waals surface area contributed by atoms with Gasteiger partial charge >= 0.3 is 0 Å². The molecule has 0 atom stereocenters. The van der Waals surface area contributed by atoms with Gasteiger partial charge in [0.05, 0.1) is 16.1 Å². The van der Waals surface area contributed by atoms with Gasteiger partial charge in [0.1, 0.15) is 0 Å². The largest absolute Gasteiger partial charge is 0.0775 e. The summed E-state index contributed by atoms with van der Waals surface area (Å²) in [6, 6.07) is 32.0. The molecule has 0 spiro atoms. The van der Waals surface area contributed by atoms with Crippen molar-refractivity contribution in [1.29, 1.82) is 0 Å². The predicted octanol–water partition coefficient (Wildman–Crippen LogP) is 7.26. The summed E-state index contributed by atoms with van der Waals surface area (Å²) in [7, 11) is -2.58.